The molecule has 0 atom stereocenters. The number of rotatable bonds is 2. The van der Waals surface area contributed by atoms with Crippen molar-refractivity contribution in [3.63, 3.8) is 0 Å². The van der Waals surface area contributed by atoms with Crippen LogP contribution in [0.25, 0.3) is 0 Å². The van der Waals surface area contributed by atoms with Crippen molar-refractivity contribution in [3.8, 4) is 0 Å². The van der Waals surface area contributed by atoms with E-state index in [0.29, 0.717) is 0 Å². The van der Waals surface area contributed by atoms with Gasteiger partial charge in [0.1, 0.15) is 0 Å². The summed E-state index contributed by atoms with van der Waals surface area (Å²) in [4.78, 5) is 21.4. The molecule has 16 heavy (non-hydrogen) atoms. The molecule has 0 radical (unpaired) electrons. The molecule has 1 aromatic carbocycles. The third-order valence-electron chi connectivity index (χ3n) is 1.50. The van der Waals surface area contributed by atoms with Crippen molar-refractivity contribution >= 4 is 11.6 Å². The van der Waals surface area contributed by atoms with Crippen LogP contribution >= 0.6 is 0 Å². The van der Waals surface area contributed by atoms with Crippen LogP contribution in [0, 0.1) is 0 Å². The minimum Gasteiger partial charge on any atom is -0.412 e. The number of carbonyl (C=O) groups excluding carboxylic acids is 2. The monoisotopic (exact) mass is 238 g/mol. The zero-order valence-electron chi connectivity index (χ0n) is 7.84. The fourth-order valence-corrected chi connectivity index (χ4v) is 0.849. The molecule has 0 amide bonds. The topological polar surface area (TPSA) is 97.1 Å². The van der Waals surface area contributed by atoms with E-state index < -0.39 is 17.7 Å². The third kappa shape index (κ3) is 3.79. The first-order valence-electron chi connectivity index (χ1n) is 3.64. The zero-order valence-corrected chi connectivity index (χ0v) is 7.84. The molecule has 4 N–H and O–H groups in total. The van der Waals surface area contributed by atoms with Gasteiger partial charge in [-0.05, 0) is 0 Å². The van der Waals surface area contributed by atoms with Gasteiger partial charge >= 0.3 is 12.0 Å². The third-order valence-corrected chi connectivity index (χ3v) is 1.50. The predicted molar refractivity (Wildman–Crippen MR) is 49.1 cm³/mol. The van der Waals surface area contributed by atoms with Gasteiger partial charge in [0.2, 0.25) is 5.78 Å². The Morgan fingerprint density at radius 3 is 1.75 bits per heavy atom. The van der Waals surface area contributed by atoms with Gasteiger partial charge in [-0.2, -0.15) is 13.2 Å². The number of ketones is 2. The minimum absolute atomic E-state index is 0. The fourth-order valence-electron chi connectivity index (χ4n) is 0.849. The molecule has 0 aliphatic heterocycles. The normalized spacial score (nSPS) is 9.69. The van der Waals surface area contributed by atoms with Crippen molar-refractivity contribution < 1.29 is 33.7 Å². The van der Waals surface area contributed by atoms with Gasteiger partial charge in [-0.1, -0.05) is 30.3 Å². The molecule has 0 heterocycles. The summed E-state index contributed by atoms with van der Waals surface area (Å²) < 4.78 is 35.4. The van der Waals surface area contributed by atoms with E-state index in [4.69, 9.17) is 0 Å². The van der Waals surface area contributed by atoms with E-state index in [-0.39, 0.29) is 16.5 Å². The molecule has 0 saturated heterocycles. The van der Waals surface area contributed by atoms with Gasteiger partial charge in [-0.25, -0.2) is 0 Å². The molecule has 7 heteroatoms. The molecule has 0 unspecified atom stereocenters. The van der Waals surface area contributed by atoms with E-state index in [9.17, 15) is 22.8 Å². The van der Waals surface area contributed by atoms with Crippen molar-refractivity contribution in [3.05, 3.63) is 35.9 Å². The van der Waals surface area contributed by atoms with E-state index >= 15 is 0 Å². The molecule has 0 saturated carbocycles. The van der Waals surface area contributed by atoms with Gasteiger partial charge in [0.25, 0.3) is 0 Å². The molecule has 1 aromatic rings. The van der Waals surface area contributed by atoms with Crippen LogP contribution in [0.3, 0.4) is 0 Å². The molecular weight excluding hydrogens is 229 g/mol. The molecule has 0 bridgehead atoms. The molecule has 0 fully saturated rings. The van der Waals surface area contributed by atoms with Crippen LogP contribution in [0.2, 0.25) is 0 Å². The van der Waals surface area contributed by atoms with E-state index in [1.54, 1.807) is 0 Å². The van der Waals surface area contributed by atoms with Gasteiger partial charge in [0.15, 0.2) is 0 Å². The second-order valence-electron chi connectivity index (χ2n) is 2.52. The minimum atomic E-state index is -5.10. The Morgan fingerprint density at radius 2 is 1.38 bits per heavy atom. The number of hydrogen-bond acceptors (Lipinski definition) is 2. The van der Waals surface area contributed by atoms with Gasteiger partial charge in [0.05, 0.1) is 0 Å². The summed E-state index contributed by atoms with van der Waals surface area (Å²) in [7, 11) is 0. The maximum absolute atomic E-state index is 11.8. The highest BCUT2D eigenvalue weighted by Crippen LogP contribution is 2.18. The van der Waals surface area contributed by atoms with Gasteiger partial charge in [-0.15, -0.1) is 0 Å². The Bertz CT molecular complexity index is 359. The Kier molecular flexibility index (Phi) is 6.24. The Labute approximate surface area is 88.3 Å². The van der Waals surface area contributed by atoms with Crippen molar-refractivity contribution in [2.75, 3.05) is 0 Å². The van der Waals surface area contributed by atoms with Gasteiger partial charge in [0, 0.05) is 5.56 Å². The number of benzene rings is 1. The van der Waals surface area contributed by atoms with Gasteiger partial charge < -0.3 is 11.0 Å². The second-order valence-corrected chi connectivity index (χ2v) is 2.52. The van der Waals surface area contributed by atoms with Crippen molar-refractivity contribution in [2.45, 2.75) is 6.18 Å². The molecule has 0 spiro atoms. The highest BCUT2D eigenvalue weighted by atomic mass is 19.4. The summed E-state index contributed by atoms with van der Waals surface area (Å²) in [5.41, 5.74) is -0.255. The first kappa shape index (κ1) is 16.7. The summed E-state index contributed by atoms with van der Waals surface area (Å²) in [6, 6.07) is 6.63. The van der Waals surface area contributed by atoms with E-state index in [2.05, 4.69) is 0 Å². The number of Topliss-reactive ketones (excluding diaryl/α,β-unsaturated/α-hetero) is 2. The van der Waals surface area contributed by atoms with Crippen LogP contribution < -0.4 is 0 Å². The second kappa shape index (κ2) is 5.99. The summed E-state index contributed by atoms with van der Waals surface area (Å²) in [5, 5.41) is 0. The average Bonchev–Trinajstić information content (AvgIpc) is 2.15. The molecule has 90 valence electrons. The van der Waals surface area contributed by atoms with Crippen molar-refractivity contribution in [1.29, 1.82) is 0 Å². The average molecular weight is 238 g/mol. The van der Waals surface area contributed by atoms with Gasteiger partial charge in [-0.3, -0.25) is 9.59 Å². The van der Waals surface area contributed by atoms with Crippen LogP contribution in [-0.4, -0.2) is 28.7 Å². The summed E-state index contributed by atoms with van der Waals surface area (Å²) in [6.07, 6.45) is -5.10. The van der Waals surface area contributed by atoms with E-state index in [0.717, 1.165) is 12.1 Å². The van der Waals surface area contributed by atoms with Crippen LogP contribution in [0.1, 0.15) is 10.4 Å². The standard InChI is InChI=1S/C9H5F3O2.2H2O/c10-9(11,12)8(14)7(13)6-4-2-1-3-5-6;;/h1-5H;2*1H2. The Hall–Kier alpha value is -1.73. The Balaban J connectivity index is 0. The van der Waals surface area contributed by atoms with Crippen molar-refractivity contribution in [1.82, 2.24) is 0 Å². The predicted octanol–water partition coefficient (Wildman–Crippen LogP) is 0.351. The number of carbonyl (C=O) groups is 2. The number of hydrogen-bond donors (Lipinski definition) is 0. The molecule has 0 aromatic heterocycles. The van der Waals surface area contributed by atoms with Crippen LogP contribution in [0.4, 0.5) is 13.2 Å². The molecule has 1 rings (SSSR count). The molecule has 4 nitrogen and oxygen atoms in total. The van der Waals surface area contributed by atoms with Crippen LogP contribution in [0.5, 0.6) is 0 Å². The van der Waals surface area contributed by atoms with E-state index in [1.165, 1.54) is 18.2 Å². The molecule has 0 aliphatic carbocycles. The van der Waals surface area contributed by atoms with Crippen LogP contribution in [0.15, 0.2) is 30.3 Å². The fraction of sp³-hybridized carbons (Fsp3) is 0.111. The highest BCUT2D eigenvalue weighted by molar-refractivity contribution is 6.45. The smallest absolute Gasteiger partial charge is 0.412 e. The lowest BCUT2D eigenvalue weighted by molar-refractivity contribution is -0.165. The quantitative estimate of drug-likeness (QED) is 0.548. The van der Waals surface area contributed by atoms with E-state index in [1.807, 2.05) is 0 Å². The zero-order chi connectivity index (χ0) is 10.8. The highest BCUT2D eigenvalue weighted by Gasteiger charge is 2.43. The summed E-state index contributed by atoms with van der Waals surface area (Å²) in [5.74, 6) is -3.87. The molecular formula is C9H9F3O4. The lowest BCUT2D eigenvalue weighted by atomic mass is 10.1. The largest absolute Gasteiger partial charge is 0.458 e. The molecule has 0 aliphatic rings. The summed E-state index contributed by atoms with van der Waals surface area (Å²) in [6.45, 7) is 0. The lowest BCUT2D eigenvalue weighted by Crippen LogP contribution is -2.30. The maximum atomic E-state index is 11.8. The maximum Gasteiger partial charge on any atom is 0.458 e. The first-order chi connectivity index (χ1) is 6.43. The SMILES string of the molecule is O.O.O=C(C(=O)C(F)(F)F)c1ccccc1. The van der Waals surface area contributed by atoms with Crippen LogP contribution in [-0.2, 0) is 4.79 Å². The van der Waals surface area contributed by atoms with Crippen molar-refractivity contribution in [2.24, 2.45) is 0 Å². The summed E-state index contributed by atoms with van der Waals surface area (Å²) >= 11 is 0. The Morgan fingerprint density at radius 1 is 0.938 bits per heavy atom. The number of alkyl halides is 3. The lowest BCUT2D eigenvalue weighted by Gasteiger charge is -2.03. The first-order valence-corrected chi connectivity index (χ1v) is 3.64. The number of halogens is 3.